The van der Waals surface area contributed by atoms with E-state index >= 15 is 0 Å². The van der Waals surface area contributed by atoms with Crippen molar-refractivity contribution in [2.24, 2.45) is 0 Å². The van der Waals surface area contributed by atoms with Crippen molar-refractivity contribution in [3.05, 3.63) is 84.4 Å². The van der Waals surface area contributed by atoms with Gasteiger partial charge in [-0.2, -0.15) is 0 Å². The maximum Gasteiger partial charge on any atom is 0.253 e. The summed E-state index contributed by atoms with van der Waals surface area (Å²) in [6.45, 7) is 0.114. The van der Waals surface area contributed by atoms with E-state index in [0.29, 0.717) is 11.3 Å². The van der Waals surface area contributed by atoms with Crippen LogP contribution in [0.3, 0.4) is 0 Å². The van der Waals surface area contributed by atoms with Gasteiger partial charge < -0.3 is 16.0 Å². The second-order valence-corrected chi connectivity index (χ2v) is 7.14. The van der Waals surface area contributed by atoms with E-state index in [2.05, 4.69) is 28.1 Å². The van der Waals surface area contributed by atoms with Crippen LogP contribution in [0.25, 0.3) is 11.1 Å². The van der Waals surface area contributed by atoms with Gasteiger partial charge >= 0.3 is 0 Å². The minimum atomic E-state index is -0.205. The standard InChI is InChI=1S/C24H23N3O2/c28-23(27-22-9-5-4-8-21(22)24(29)26-20-14-15-20)16-25-19-12-10-18(11-13-19)17-6-2-1-3-7-17/h1-13,20,25H,14-16H2,(H,26,29)(H,27,28). The molecule has 0 bridgehead atoms. The van der Waals surface area contributed by atoms with Crippen molar-refractivity contribution in [2.75, 3.05) is 17.2 Å². The number of benzene rings is 3. The fraction of sp³-hybridized carbons (Fsp3) is 0.167. The number of hydrogen-bond acceptors (Lipinski definition) is 3. The third-order valence-electron chi connectivity index (χ3n) is 4.80. The van der Waals surface area contributed by atoms with Crippen LogP contribution in [0.1, 0.15) is 23.2 Å². The maximum atomic E-state index is 12.4. The van der Waals surface area contributed by atoms with Gasteiger partial charge in [-0.1, -0.05) is 54.6 Å². The summed E-state index contributed by atoms with van der Waals surface area (Å²) >= 11 is 0. The zero-order chi connectivity index (χ0) is 20.1. The summed E-state index contributed by atoms with van der Waals surface area (Å²) in [6.07, 6.45) is 2.04. The molecule has 0 radical (unpaired) electrons. The van der Waals surface area contributed by atoms with E-state index in [1.807, 2.05) is 42.5 Å². The maximum absolute atomic E-state index is 12.4. The highest BCUT2D eigenvalue weighted by Gasteiger charge is 2.24. The molecule has 5 nitrogen and oxygen atoms in total. The molecule has 1 saturated carbocycles. The average molecular weight is 385 g/mol. The summed E-state index contributed by atoms with van der Waals surface area (Å²) in [7, 11) is 0. The lowest BCUT2D eigenvalue weighted by Gasteiger charge is -2.12. The Balaban J connectivity index is 1.34. The Labute approximate surface area is 170 Å². The first-order valence-electron chi connectivity index (χ1n) is 9.78. The lowest BCUT2D eigenvalue weighted by molar-refractivity contribution is -0.114. The molecule has 0 aliphatic heterocycles. The minimum Gasteiger partial charge on any atom is -0.376 e. The van der Waals surface area contributed by atoms with Gasteiger partial charge in [0.15, 0.2) is 0 Å². The molecule has 0 atom stereocenters. The third-order valence-corrected chi connectivity index (χ3v) is 4.80. The molecule has 0 spiro atoms. The monoisotopic (exact) mass is 385 g/mol. The molecule has 4 rings (SSSR count). The predicted octanol–water partition coefficient (Wildman–Crippen LogP) is 4.30. The fourth-order valence-electron chi connectivity index (χ4n) is 3.07. The summed E-state index contributed by atoms with van der Waals surface area (Å²) in [5.74, 6) is -0.350. The van der Waals surface area contributed by atoms with Gasteiger partial charge in [0.1, 0.15) is 0 Å². The van der Waals surface area contributed by atoms with Gasteiger partial charge in [0.05, 0.1) is 17.8 Å². The zero-order valence-corrected chi connectivity index (χ0v) is 16.0. The molecule has 0 saturated heterocycles. The number of carbonyl (C=O) groups is 2. The van der Waals surface area contributed by atoms with E-state index in [9.17, 15) is 9.59 Å². The lowest BCUT2D eigenvalue weighted by atomic mass is 10.1. The molecule has 3 N–H and O–H groups in total. The number of nitrogens with one attached hydrogen (secondary N) is 3. The van der Waals surface area contributed by atoms with Crippen molar-refractivity contribution < 1.29 is 9.59 Å². The number of hydrogen-bond donors (Lipinski definition) is 3. The van der Waals surface area contributed by atoms with Crippen molar-refractivity contribution in [3.8, 4) is 11.1 Å². The smallest absolute Gasteiger partial charge is 0.253 e. The van der Waals surface area contributed by atoms with Crippen molar-refractivity contribution in [3.63, 3.8) is 0 Å². The summed E-state index contributed by atoms with van der Waals surface area (Å²) in [6, 6.07) is 25.4. The van der Waals surface area contributed by atoms with Gasteiger partial charge in [-0.15, -0.1) is 0 Å². The molecule has 146 valence electrons. The Morgan fingerprint density at radius 3 is 2.17 bits per heavy atom. The van der Waals surface area contributed by atoms with E-state index in [1.165, 1.54) is 0 Å². The van der Waals surface area contributed by atoms with E-state index in [-0.39, 0.29) is 24.4 Å². The van der Waals surface area contributed by atoms with E-state index in [1.54, 1.807) is 24.3 Å². The Kier molecular flexibility index (Phi) is 5.56. The van der Waals surface area contributed by atoms with Crippen LogP contribution in [0, 0.1) is 0 Å². The lowest BCUT2D eigenvalue weighted by Crippen LogP contribution is -2.28. The molecule has 0 heterocycles. The minimum absolute atomic E-state index is 0.114. The van der Waals surface area contributed by atoms with Gasteiger partial charge in [-0.05, 0) is 48.2 Å². The van der Waals surface area contributed by atoms with Crippen molar-refractivity contribution in [2.45, 2.75) is 18.9 Å². The van der Waals surface area contributed by atoms with Gasteiger partial charge in [0.2, 0.25) is 5.91 Å². The molecule has 3 aromatic carbocycles. The van der Waals surface area contributed by atoms with Gasteiger partial charge in [0, 0.05) is 11.7 Å². The first-order valence-corrected chi connectivity index (χ1v) is 9.78. The second kappa shape index (κ2) is 8.61. The molecule has 3 aromatic rings. The van der Waals surface area contributed by atoms with E-state index in [4.69, 9.17) is 0 Å². The van der Waals surface area contributed by atoms with Crippen molar-refractivity contribution >= 4 is 23.2 Å². The molecule has 0 aromatic heterocycles. The molecule has 0 unspecified atom stereocenters. The number of anilines is 2. The van der Waals surface area contributed by atoms with Crippen LogP contribution in [-0.4, -0.2) is 24.4 Å². The topological polar surface area (TPSA) is 70.2 Å². The average Bonchev–Trinajstić information content (AvgIpc) is 3.57. The largest absolute Gasteiger partial charge is 0.376 e. The second-order valence-electron chi connectivity index (χ2n) is 7.14. The third kappa shape index (κ3) is 5.02. The van der Waals surface area contributed by atoms with Crippen molar-refractivity contribution in [1.29, 1.82) is 0 Å². The predicted molar refractivity (Wildman–Crippen MR) is 116 cm³/mol. The number of para-hydroxylation sites is 1. The summed E-state index contributed by atoms with van der Waals surface area (Å²) < 4.78 is 0. The van der Waals surface area contributed by atoms with Gasteiger partial charge in [-0.25, -0.2) is 0 Å². The number of carbonyl (C=O) groups excluding carboxylic acids is 2. The van der Waals surface area contributed by atoms with Crippen LogP contribution in [0.5, 0.6) is 0 Å². The Morgan fingerprint density at radius 1 is 0.793 bits per heavy atom. The SMILES string of the molecule is O=C(CNc1ccc(-c2ccccc2)cc1)Nc1ccccc1C(=O)NC1CC1. The highest BCUT2D eigenvalue weighted by atomic mass is 16.2. The fourth-order valence-corrected chi connectivity index (χ4v) is 3.07. The quantitative estimate of drug-likeness (QED) is 0.568. The molecule has 1 aliphatic carbocycles. The Bertz CT molecular complexity index is 996. The number of amides is 2. The number of rotatable bonds is 7. The molecule has 1 aliphatic rings. The summed E-state index contributed by atoms with van der Waals surface area (Å²) in [5, 5.41) is 8.91. The Hall–Kier alpha value is -3.60. The van der Waals surface area contributed by atoms with Gasteiger partial charge in [0.25, 0.3) is 5.91 Å². The van der Waals surface area contributed by atoms with E-state index < -0.39 is 0 Å². The molecule has 2 amide bonds. The van der Waals surface area contributed by atoms with Crippen molar-refractivity contribution in [1.82, 2.24) is 5.32 Å². The summed E-state index contributed by atoms with van der Waals surface area (Å²) in [4.78, 5) is 24.7. The molecule has 1 fully saturated rings. The van der Waals surface area contributed by atoms with E-state index in [0.717, 1.165) is 29.7 Å². The summed E-state index contributed by atoms with van der Waals surface area (Å²) in [5.41, 5.74) is 4.14. The first kappa shape index (κ1) is 18.7. The Morgan fingerprint density at radius 2 is 1.45 bits per heavy atom. The molecular weight excluding hydrogens is 362 g/mol. The van der Waals surface area contributed by atoms with Crippen LogP contribution in [0.4, 0.5) is 11.4 Å². The highest BCUT2D eigenvalue weighted by molar-refractivity contribution is 6.04. The molecule has 29 heavy (non-hydrogen) atoms. The van der Waals surface area contributed by atoms with Crippen LogP contribution >= 0.6 is 0 Å². The first-order chi connectivity index (χ1) is 14.2. The zero-order valence-electron chi connectivity index (χ0n) is 16.0. The molecule has 5 heteroatoms. The highest BCUT2D eigenvalue weighted by Crippen LogP contribution is 2.22. The van der Waals surface area contributed by atoms with Crippen LogP contribution < -0.4 is 16.0 Å². The molecular formula is C24H23N3O2. The normalized spacial score (nSPS) is 12.8. The van der Waals surface area contributed by atoms with Crippen LogP contribution in [-0.2, 0) is 4.79 Å². The van der Waals surface area contributed by atoms with Crippen LogP contribution in [0.2, 0.25) is 0 Å². The van der Waals surface area contributed by atoms with Gasteiger partial charge in [-0.3, -0.25) is 9.59 Å². The van der Waals surface area contributed by atoms with Crippen LogP contribution in [0.15, 0.2) is 78.9 Å².